The van der Waals surface area contributed by atoms with E-state index in [0.29, 0.717) is 24.1 Å². The first-order chi connectivity index (χ1) is 14.8. The Kier molecular flexibility index (Phi) is 6.88. The highest BCUT2D eigenvalue weighted by Gasteiger charge is 2.42. The number of halogens is 4. The molecular weight excluding hydrogens is 416 g/mol. The van der Waals surface area contributed by atoms with Crippen LogP contribution >= 0.6 is 0 Å². The minimum Gasteiger partial charge on any atom is -0.494 e. The number of nitrogens with zero attached hydrogens (tertiary/aromatic N) is 3. The first-order valence-corrected chi connectivity index (χ1v) is 9.52. The highest BCUT2D eigenvalue weighted by molar-refractivity contribution is 5.93. The second-order valence-corrected chi connectivity index (χ2v) is 6.80. The molecule has 0 unspecified atom stereocenters. The number of aryl methyl sites for hydroxylation is 1. The summed E-state index contributed by atoms with van der Waals surface area (Å²) in [6, 6.07) is 12.0. The molecule has 1 aromatic heterocycles. The third-order valence-corrected chi connectivity index (χ3v) is 4.35. The molecule has 0 aliphatic rings. The summed E-state index contributed by atoms with van der Waals surface area (Å²) in [6.45, 7) is 2.51. The van der Waals surface area contributed by atoms with Crippen LogP contribution in [0.1, 0.15) is 34.6 Å². The maximum Gasteiger partial charge on any atom is 0.435 e. The summed E-state index contributed by atoms with van der Waals surface area (Å²) < 4.78 is 60.1. The zero-order chi connectivity index (χ0) is 22.4. The fraction of sp³-hybridized carbons (Fsp3) is 0.286. The van der Waals surface area contributed by atoms with Crippen LogP contribution in [0.4, 0.5) is 17.6 Å². The van der Waals surface area contributed by atoms with Crippen molar-refractivity contribution in [3.05, 3.63) is 71.3 Å². The number of ether oxygens (including phenoxy) is 1. The molecule has 0 saturated carbocycles. The van der Waals surface area contributed by atoms with E-state index in [1.54, 1.807) is 0 Å². The van der Waals surface area contributed by atoms with Crippen molar-refractivity contribution in [1.29, 1.82) is 0 Å². The predicted molar refractivity (Wildman–Crippen MR) is 105 cm³/mol. The van der Waals surface area contributed by atoms with Gasteiger partial charge in [-0.1, -0.05) is 29.0 Å². The van der Waals surface area contributed by atoms with Crippen molar-refractivity contribution in [3.63, 3.8) is 0 Å². The lowest BCUT2D eigenvalue weighted by molar-refractivity contribution is -0.143. The molecule has 10 heteroatoms. The van der Waals surface area contributed by atoms with Gasteiger partial charge in [0.1, 0.15) is 11.6 Å². The number of hydrogen-bond acceptors (Lipinski definition) is 4. The fourth-order valence-electron chi connectivity index (χ4n) is 2.81. The van der Waals surface area contributed by atoms with E-state index in [1.807, 2.05) is 31.2 Å². The molecule has 0 aliphatic heterocycles. The Bertz CT molecular complexity index is 1030. The second-order valence-electron chi connectivity index (χ2n) is 6.80. The standard InChI is InChI=1S/C21H20F4N4O2/c1-14-7-9-17(10-8-14)31-12-3-2-11-26-20(30)18-19(21(23,24)25)29(28-27-18)16-6-4-5-15(22)13-16/h4-10,13H,2-3,11-12H2,1H3,(H,26,30). The molecular formula is C21H20F4N4O2. The Labute approximate surface area is 175 Å². The molecule has 1 N–H and O–H groups in total. The van der Waals surface area contributed by atoms with Crippen molar-refractivity contribution >= 4 is 5.91 Å². The van der Waals surface area contributed by atoms with Gasteiger partial charge in [0.2, 0.25) is 0 Å². The zero-order valence-corrected chi connectivity index (χ0v) is 16.6. The van der Waals surface area contributed by atoms with Crippen LogP contribution in [-0.2, 0) is 6.18 Å². The van der Waals surface area contributed by atoms with E-state index in [1.165, 1.54) is 12.1 Å². The Balaban J connectivity index is 1.58. The number of rotatable bonds is 8. The van der Waals surface area contributed by atoms with Gasteiger partial charge in [-0.15, -0.1) is 5.10 Å². The van der Waals surface area contributed by atoms with Crippen LogP contribution in [-0.4, -0.2) is 34.1 Å². The molecule has 31 heavy (non-hydrogen) atoms. The van der Waals surface area contributed by atoms with Gasteiger partial charge >= 0.3 is 6.18 Å². The van der Waals surface area contributed by atoms with Gasteiger partial charge in [-0.05, 0) is 50.1 Å². The van der Waals surface area contributed by atoms with E-state index in [4.69, 9.17) is 4.74 Å². The summed E-state index contributed by atoms with van der Waals surface area (Å²) in [5.74, 6) is -1.02. The molecule has 0 fully saturated rings. The van der Waals surface area contributed by atoms with Crippen LogP contribution in [0.15, 0.2) is 48.5 Å². The Morgan fingerprint density at radius 1 is 1.13 bits per heavy atom. The summed E-state index contributed by atoms with van der Waals surface area (Å²) in [5, 5.41) is 9.21. The van der Waals surface area contributed by atoms with Crippen LogP contribution in [0.2, 0.25) is 0 Å². The van der Waals surface area contributed by atoms with Crippen molar-refractivity contribution in [3.8, 4) is 11.4 Å². The molecule has 2 aromatic carbocycles. The largest absolute Gasteiger partial charge is 0.494 e. The molecule has 0 atom stereocenters. The number of benzene rings is 2. The van der Waals surface area contributed by atoms with Gasteiger partial charge in [0, 0.05) is 6.54 Å². The Morgan fingerprint density at radius 3 is 2.55 bits per heavy atom. The van der Waals surface area contributed by atoms with Crippen molar-refractivity contribution in [2.45, 2.75) is 25.9 Å². The van der Waals surface area contributed by atoms with Crippen molar-refractivity contribution in [1.82, 2.24) is 20.3 Å². The average molecular weight is 436 g/mol. The van der Waals surface area contributed by atoms with E-state index in [0.717, 1.165) is 23.4 Å². The molecule has 164 valence electrons. The third kappa shape index (κ3) is 5.80. The van der Waals surface area contributed by atoms with E-state index < -0.39 is 29.3 Å². The summed E-state index contributed by atoms with van der Waals surface area (Å²) in [4.78, 5) is 12.3. The summed E-state index contributed by atoms with van der Waals surface area (Å²) in [6.07, 6.45) is -3.82. The molecule has 3 rings (SSSR count). The van der Waals surface area contributed by atoms with E-state index in [9.17, 15) is 22.4 Å². The van der Waals surface area contributed by atoms with E-state index in [-0.39, 0.29) is 12.2 Å². The van der Waals surface area contributed by atoms with Gasteiger partial charge in [-0.25, -0.2) is 9.07 Å². The van der Waals surface area contributed by atoms with Gasteiger partial charge in [0.25, 0.3) is 5.91 Å². The number of unbranched alkanes of at least 4 members (excludes halogenated alkanes) is 1. The fourth-order valence-corrected chi connectivity index (χ4v) is 2.81. The highest BCUT2D eigenvalue weighted by Crippen LogP contribution is 2.32. The predicted octanol–water partition coefficient (Wildman–Crippen LogP) is 4.32. The monoisotopic (exact) mass is 436 g/mol. The van der Waals surface area contributed by atoms with Gasteiger partial charge in [-0.3, -0.25) is 4.79 Å². The maximum absolute atomic E-state index is 13.6. The second kappa shape index (κ2) is 9.59. The smallest absolute Gasteiger partial charge is 0.435 e. The molecule has 3 aromatic rings. The van der Waals surface area contributed by atoms with Crippen LogP contribution in [0.3, 0.4) is 0 Å². The van der Waals surface area contributed by atoms with Crippen LogP contribution in [0.25, 0.3) is 5.69 Å². The number of carbonyl (C=O) groups is 1. The summed E-state index contributed by atoms with van der Waals surface area (Å²) in [5.41, 5.74) is -1.30. The quantitative estimate of drug-likeness (QED) is 0.422. The minimum atomic E-state index is -4.91. The van der Waals surface area contributed by atoms with Crippen LogP contribution < -0.4 is 10.1 Å². The first kappa shape index (κ1) is 22.3. The lowest BCUT2D eigenvalue weighted by Crippen LogP contribution is -2.28. The molecule has 0 bridgehead atoms. The molecule has 0 saturated heterocycles. The Hall–Kier alpha value is -3.43. The van der Waals surface area contributed by atoms with Gasteiger partial charge in [-0.2, -0.15) is 13.2 Å². The zero-order valence-electron chi connectivity index (χ0n) is 16.6. The number of aromatic nitrogens is 3. The average Bonchev–Trinajstić information content (AvgIpc) is 3.18. The number of hydrogen-bond donors (Lipinski definition) is 1. The van der Waals surface area contributed by atoms with Gasteiger partial charge < -0.3 is 10.1 Å². The van der Waals surface area contributed by atoms with Crippen LogP contribution in [0, 0.1) is 12.7 Å². The molecule has 1 amide bonds. The molecule has 1 heterocycles. The Morgan fingerprint density at radius 2 is 1.87 bits per heavy atom. The van der Waals surface area contributed by atoms with E-state index >= 15 is 0 Å². The van der Waals surface area contributed by atoms with E-state index in [2.05, 4.69) is 15.6 Å². The van der Waals surface area contributed by atoms with Crippen molar-refractivity contribution < 1.29 is 27.1 Å². The third-order valence-electron chi connectivity index (χ3n) is 4.35. The lowest BCUT2D eigenvalue weighted by Gasteiger charge is -2.11. The lowest BCUT2D eigenvalue weighted by atomic mass is 10.2. The highest BCUT2D eigenvalue weighted by atomic mass is 19.4. The molecule has 0 spiro atoms. The van der Waals surface area contributed by atoms with Gasteiger partial charge in [0.05, 0.1) is 12.3 Å². The van der Waals surface area contributed by atoms with Crippen molar-refractivity contribution in [2.24, 2.45) is 0 Å². The maximum atomic E-state index is 13.6. The number of alkyl halides is 3. The SMILES string of the molecule is Cc1ccc(OCCCCNC(=O)c2nnn(-c3cccc(F)c3)c2C(F)(F)F)cc1. The minimum absolute atomic E-state index is 0.139. The molecule has 0 aliphatic carbocycles. The van der Waals surface area contributed by atoms with Gasteiger partial charge in [0.15, 0.2) is 11.4 Å². The summed E-state index contributed by atoms with van der Waals surface area (Å²) in [7, 11) is 0. The van der Waals surface area contributed by atoms with Crippen molar-refractivity contribution in [2.75, 3.05) is 13.2 Å². The number of amides is 1. The number of carbonyl (C=O) groups excluding carboxylic acids is 1. The number of nitrogens with one attached hydrogen (secondary N) is 1. The molecule has 6 nitrogen and oxygen atoms in total. The molecule has 0 radical (unpaired) electrons. The topological polar surface area (TPSA) is 69.0 Å². The summed E-state index contributed by atoms with van der Waals surface area (Å²) >= 11 is 0. The normalized spacial score (nSPS) is 11.4. The van der Waals surface area contributed by atoms with Crippen LogP contribution in [0.5, 0.6) is 5.75 Å². The first-order valence-electron chi connectivity index (χ1n) is 9.52.